The summed E-state index contributed by atoms with van der Waals surface area (Å²) in [5.41, 5.74) is -3.59. The van der Waals surface area contributed by atoms with Gasteiger partial charge in [-0.1, -0.05) is 91.0 Å². The third-order valence-corrected chi connectivity index (χ3v) is 7.14. The largest absolute Gasteiger partial charge is 0.523 e. The quantitative estimate of drug-likeness (QED) is 0.249. The fourth-order valence-electron chi connectivity index (χ4n) is 4.11. The summed E-state index contributed by atoms with van der Waals surface area (Å²) >= 11 is 0. The molecule has 0 radical (unpaired) electrons. The Morgan fingerprint density at radius 3 is 1.62 bits per heavy atom. The number of hydrogen-bond acceptors (Lipinski definition) is 8. The minimum atomic E-state index is -6.08. The van der Waals surface area contributed by atoms with E-state index in [1.807, 2.05) is 0 Å². The first kappa shape index (κ1) is 30.1. The van der Waals surface area contributed by atoms with Gasteiger partial charge in [-0.25, -0.2) is 0 Å². The van der Waals surface area contributed by atoms with E-state index in [-0.39, 0.29) is 19.8 Å². The van der Waals surface area contributed by atoms with Crippen LogP contribution < -0.4 is 0 Å². The van der Waals surface area contributed by atoms with Crippen molar-refractivity contribution in [3.8, 4) is 0 Å². The summed E-state index contributed by atoms with van der Waals surface area (Å²) in [6.07, 6.45) is -7.90. The van der Waals surface area contributed by atoms with Gasteiger partial charge in [-0.3, -0.25) is 4.18 Å². The molecule has 3 aromatic rings. The van der Waals surface area contributed by atoms with E-state index < -0.39 is 52.9 Å². The number of alkyl halides is 3. The van der Waals surface area contributed by atoms with E-state index >= 15 is 0 Å². The summed E-state index contributed by atoms with van der Waals surface area (Å²) in [5.74, 6) is 0. The van der Waals surface area contributed by atoms with Crippen molar-refractivity contribution >= 4 is 10.1 Å². The Morgan fingerprint density at radius 1 is 0.700 bits per heavy atom. The molecule has 0 amide bonds. The molecule has 1 N–H and O–H groups in total. The summed E-state index contributed by atoms with van der Waals surface area (Å²) in [6.45, 7) is -0.544. The van der Waals surface area contributed by atoms with Crippen LogP contribution in [0.2, 0.25) is 0 Å². The van der Waals surface area contributed by atoms with Crippen molar-refractivity contribution in [3.05, 3.63) is 108 Å². The average molecular weight is 583 g/mol. The topological polar surface area (TPSA) is 101 Å². The maximum Gasteiger partial charge on any atom is 0.523 e. The second-order valence-electron chi connectivity index (χ2n) is 9.05. The molecule has 40 heavy (non-hydrogen) atoms. The zero-order valence-electron chi connectivity index (χ0n) is 21.2. The summed E-state index contributed by atoms with van der Waals surface area (Å²) < 4.78 is 92.2. The molecular formula is C28H29F3O8S. The van der Waals surface area contributed by atoms with Gasteiger partial charge in [-0.15, -0.1) is 0 Å². The van der Waals surface area contributed by atoms with Crippen LogP contribution in [0.15, 0.2) is 91.0 Å². The Morgan fingerprint density at radius 2 is 1.15 bits per heavy atom. The first-order valence-corrected chi connectivity index (χ1v) is 13.8. The van der Waals surface area contributed by atoms with Crippen LogP contribution in [0.1, 0.15) is 16.7 Å². The monoisotopic (exact) mass is 582 g/mol. The van der Waals surface area contributed by atoms with E-state index in [1.165, 1.54) is 0 Å². The molecule has 1 saturated heterocycles. The van der Waals surface area contributed by atoms with Gasteiger partial charge in [0.1, 0.15) is 24.4 Å². The lowest BCUT2D eigenvalue weighted by atomic mass is 9.98. The summed E-state index contributed by atoms with van der Waals surface area (Å²) in [6, 6.07) is 26.4. The van der Waals surface area contributed by atoms with E-state index in [2.05, 4.69) is 0 Å². The Bertz CT molecular complexity index is 1280. The fraction of sp³-hybridized carbons (Fsp3) is 0.357. The smallest absolute Gasteiger partial charge is 0.374 e. The number of ether oxygens (including phenoxy) is 4. The fourth-order valence-corrected chi connectivity index (χ4v) is 4.75. The predicted octanol–water partition coefficient (Wildman–Crippen LogP) is 4.33. The zero-order chi connectivity index (χ0) is 28.6. The lowest BCUT2D eigenvalue weighted by Crippen LogP contribution is -2.62. The summed E-state index contributed by atoms with van der Waals surface area (Å²) in [5, 5.41) is 10.9. The Balaban J connectivity index is 1.61. The molecule has 8 nitrogen and oxygen atoms in total. The Kier molecular flexibility index (Phi) is 10.3. The van der Waals surface area contributed by atoms with Crippen LogP contribution in [-0.2, 0) is 53.1 Å². The number of aliphatic hydroxyl groups is 1. The van der Waals surface area contributed by atoms with Gasteiger partial charge in [-0.05, 0) is 16.7 Å². The van der Waals surface area contributed by atoms with Gasteiger partial charge in [0.25, 0.3) is 0 Å². The van der Waals surface area contributed by atoms with Crippen LogP contribution in [0.3, 0.4) is 0 Å². The molecule has 12 heteroatoms. The first-order chi connectivity index (χ1) is 19.1. The molecule has 3 aromatic carbocycles. The standard InChI is InChI=1S/C28H29F3O8S/c29-28(30,31)40(33,34)39-24-23(19-35-16-20-10-4-1-5-11-20)38-27(32)26(37-18-22-14-8-3-9-15-22)25(24)36-17-21-12-6-2-7-13-21/h1-15,23-27,32H,16-19H2/t23-,24+,25+,26-,27?/m1/s1. The third-order valence-electron chi connectivity index (χ3n) is 6.09. The van der Waals surface area contributed by atoms with E-state index in [1.54, 1.807) is 91.0 Å². The number of benzene rings is 3. The zero-order valence-corrected chi connectivity index (χ0v) is 22.0. The highest BCUT2D eigenvalue weighted by atomic mass is 32.2. The molecule has 216 valence electrons. The Labute approximate surface area is 230 Å². The molecule has 5 atom stereocenters. The summed E-state index contributed by atoms with van der Waals surface area (Å²) in [7, 11) is -6.08. The highest BCUT2D eigenvalue weighted by Crippen LogP contribution is 2.34. The highest BCUT2D eigenvalue weighted by Gasteiger charge is 2.55. The van der Waals surface area contributed by atoms with Gasteiger partial charge in [0.2, 0.25) is 0 Å². The van der Waals surface area contributed by atoms with Crippen LogP contribution in [0.4, 0.5) is 13.2 Å². The first-order valence-electron chi connectivity index (χ1n) is 12.4. The van der Waals surface area contributed by atoms with Crippen LogP contribution in [0.5, 0.6) is 0 Å². The van der Waals surface area contributed by atoms with E-state index in [4.69, 9.17) is 23.1 Å². The average Bonchev–Trinajstić information content (AvgIpc) is 2.94. The molecule has 1 heterocycles. The molecule has 1 aliphatic heterocycles. The molecule has 4 rings (SSSR count). The van der Waals surface area contributed by atoms with Crippen LogP contribution in [0, 0.1) is 0 Å². The van der Waals surface area contributed by atoms with Gasteiger partial charge in [0.05, 0.1) is 26.4 Å². The summed E-state index contributed by atoms with van der Waals surface area (Å²) in [4.78, 5) is 0. The normalized spacial score (nSPS) is 23.6. The van der Waals surface area contributed by atoms with Crippen molar-refractivity contribution in [1.82, 2.24) is 0 Å². The molecule has 0 aromatic heterocycles. The molecule has 0 saturated carbocycles. The van der Waals surface area contributed by atoms with Crippen LogP contribution in [-0.4, -0.2) is 56.3 Å². The molecule has 0 bridgehead atoms. The van der Waals surface area contributed by atoms with Gasteiger partial charge in [0, 0.05) is 0 Å². The van der Waals surface area contributed by atoms with Gasteiger partial charge >= 0.3 is 15.6 Å². The van der Waals surface area contributed by atoms with Gasteiger partial charge < -0.3 is 24.1 Å². The van der Waals surface area contributed by atoms with E-state index in [9.17, 15) is 26.7 Å². The molecular weight excluding hydrogens is 553 g/mol. The maximum atomic E-state index is 13.4. The van der Waals surface area contributed by atoms with Crippen molar-refractivity contribution in [2.24, 2.45) is 0 Å². The molecule has 0 spiro atoms. The number of rotatable bonds is 12. The Hall–Kier alpha value is -2.84. The van der Waals surface area contributed by atoms with E-state index in [0.717, 1.165) is 5.56 Å². The van der Waals surface area contributed by atoms with Crippen molar-refractivity contribution in [1.29, 1.82) is 0 Å². The lowest BCUT2D eigenvalue weighted by molar-refractivity contribution is -0.305. The van der Waals surface area contributed by atoms with Crippen LogP contribution in [0.25, 0.3) is 0 Å². The second-order valence-corrected chi connectivity index (χ2v) is 10.6. The molecule has 1 unspecified atom stereocenters. The predicted molar refractivity (Wildman–Crippen MR) is 137 cm³/mol. The maximum absolute atomic E-state index is 13.4. The van der Waals surface area contributed by atoms with Gasteiger partial charge in [0.15, 0.2) is 6.29 Å². The second kappa shape index (κ2) is 13.7. The number of hydrogen-bond donors (Lipinski definition) is 1. The van der Waals surface area contributed by atoms with Crippen molar-refractivity contribution in [3.63, 3.8) is 0 Å². The molecule has 1 aliphatic rings. The minimum absolute atomic E-state index is 0.0546. The number of aliphatic hydroxyl groups excluding tert-OH is 1. The lowest BCUT2D eigenvalue weighted by Gasteiger charge is -2.43. The van der Waals surface area contributed by atoms with E-state index in [0.29, 0.717) is 11.1 Å². The number of halogens is 3. The van der Waals surface area contributed by atoms with Crippen LogP contribution >= 0.6 is 0 Å². The molecule has 0 aliphatic carbocycles. The van der Waals surface area contributed by atoms with Gasteiger partial charge in [-0.2, -0.15) is 21.6 Å². The molecule has 1 fully saturated rings. The minimum Gasteiger partial charge on any atom is -0.374 e. The highest BCUT2D eigenvalue weighted by molar-refractivity contribution is 7.87. The van der Waals surface area contributed by atoms with Crippen molar-refractivity contribution < 1.29 is 49.8 Å². The van der Waals surface area contributed by atoms with Crippen molar-refractivity contribution in [2.75, 3.05) is 6.61 Å². The van der Waals surface area contributed by atoms with Crippen molar-refractivity contribution in [2.45, 2.75) is 56.0 Å². The third kappa shape index (κ3) is 8.10. The SMILES string of the molecule is O=S(=O)(O[C@@H]1[C@H](OCc2ccccc2)[C@@H](OCc2ccccc2)C(O)O[C@@H]1COCc1ccccc1)C(F)(F)F.